The van der Waals surface area contributed by atoms with Crippen LogP contribution in [0, 0.1) is 33.5 Å². The highest BCUT2D eigenvalue weighted by Gasteiger charge is 2.45. The van der Waals surface area contributed by atoms with Crippen LogP contribution in [0.5, 0.6) is 0 Å². The van der Waals surface area contributed by atoms with E-state index in [1.165, 1.54) is 22.5 Å². The number of hydrogen-bond donors (Lipinski definition) is 0. The van der Waals surface area contributed by atoms with Crippen LogP contribution in [-0.2, 0) is 19.6 Å². The molecule has 0 aliphatic carbocycles. The van der Waals surface area contributed by atoms with Gasteiger partial charge in [-0.15, -0.1) is 0 Å². The van der Waals surface area contributed by atoms with Crippen molar-refractivity contribution in [1.82, 2.24) is 9.21 Å². The Labute approximate surface area is 193 Å². The summed E-state index contributed by atoms with van der Waals surface area (Å²) in [4.78, 5) is 28.6. The summed E-state index contributed by atoms with van der Waals surface area (Å²) in [6, 6.07) is 6.97. The fourth-order valence-corrected chi connectivity index (χ4v) is 6.74. The van der Waals surface area contributed by atoms with Crippen molar-refractivity contribution in [2.24, 2.45) is 0 Å². The first kappa shape index (κ1) is 23.5. The molecule has 0 spiro atoms. The normalized spacial score (nSPS) is 20.6. The van der Waals surface area contributed by atoms with Gasteiger partial charge < -0.3 is 0 Å². The molecule has 2 aromatic rings. The van der Waals surface area contributed by atoms with E-state index in [4.69, 9.17) is 0 Å². The highest BCUT2D eigenvalue weighted by atomic mass is 32.2. The quantitative estimate of drug-likeness (QED) is 0.638. The maximum absolute atomic E-state index is 14.2. The van der Waals surface area contributed by atoms with Crippen molar-refractivity contribution in [3.8, 4) is 0 Å². The fraction of sp³-hybridized carbons (Fsp3) is 0.417. The molecule has 0 N–H and O–H groups in total. The van der Waals surface area contributed by atoms with E-state index in [-0.39, 0.29) is 25.2 Å². The second-order valence-corrected chi connectivity index (χ2v) is 10.6. The molecule has 2 heterocycles. The molecule has 2 aliphatic heterocycles. The number of sulfonamides is 1. The summed E-state index contributed by atoms with van der Waals surface area (Å²) in [5, 5.41) is 0. The molecule has 176 valence electrons. The van der Waals surface area contributed by atoms with Gasteiger partial charge in [-0.3, -0.25) is 14.5 Å². The van der Waals surface area contributed by atoms with Crippen molar-refractivity contribution in [3.63, 3.8) is 0 Å². The van der Waals surface area contributed by atoms with Crippen molar-refractivity contribution < 1.29 is 22.4 Å². The number of nitrogens with zero attached hydrogens (tertiary/aromatic N) is 3. The lowest BCUT2D eigenvalue weighted by Crippen LogP contribution is -2.53. The van der Waals surface area contributed by atoms with E-state index in [1.807, 2.05) is 38.7 Å². The maximum Gasteiger partial charge on any atom is 0.251 e. The predicted molar refractivity (Wildman–Crippen MR) is 123 cm³/mol. The number of amides is 2. The summed E-state index contributed by atoms with van der Waals surface area (Å²) in [7, 11) is -3.70. The van der Waals surface area contributed by atoms with E-state index >= 15 is 0 Å². The number of aryl methyl sites for hydroxylation is 2. The number of benzene rings is 2. The molecule has 2 fully saturated rings. The van der Waals surface area contributed by atoms with Gasteiger partial charge >= 0.3 is 0 Å². The van der Waals surface area contributed by atoms with Crippen LogP contribution in [0.3, 0.4) is 0 Å². The lowest BCUT2D eigenvalue weighted by molar-refractivity contribution is -0.123. The summed E-state index contributed by atoms with van der Waals surface area (Å²) in [6.07, 6.45) is -0.0464. The number of halogens is 1. The largest absolute Gasteiger partial charge is 0.289 e. The molecule has 4 rings (SSSR count). The molecule has 9 heteroatoms. The maximum atomic E-state index is 14.2. The molecule has 1 atom stereocenters. The zero-order valence-electron chi connectivity index (χ0n) is 19.3. The molecular weight excluding hydrogens is 445 g/mol. The molecular formula is C24H28FN3O4S. The van der Waals surface area contributed by atoms with E-state index in [2.05, 4.69) is 0 Å². The number of anilines is 1. The van der Waals surface area contributed by atoms with Crippen LogP contribution in [0.4, 0.5) is 10.1 Å². The number of piperazine rings is 1. The Hall–Kier alpha value is -2.62. The number of para-hydroxylation sites is 1. The Kier molecular flexibility index (Phi) is 6.15. The van der Waals surface area contributed by atoms with E-state index in [0.717, 1.165) is 27.2 Å². The Morgan fingerprint density at radius 1 is 0.909 bits per heavy atom. The molecule has 2 aliphatic rings. The highest BCUT2D eigenvalue weighted by molar-refractivity contribution is 7.89. The minimum Gasteiger partial charge on any atom is -0.289 e. The van der Waals surface area contributed by atoms with E-state index in [9.17, 15) is 22.4 Å². The Morgan fingerprint density at radius 2 is 1.48 bits per heavy atom. The van der Waals surface area contributed by atoms with Crippen LogP contribution in [0.25, 0.3) is 0 Å². The molecule has 0 radical (unpaired) electrons. The summed E-state index contributed by atoms with van der Waals surface area (Å²) in [6.45, 7) is 8.52. The third-order valence-corrected chi connectivity index (χ3v) is 9.00. The fourth-order valence-electron chi connectivity index (χ4n) is 4.74. The molecule has 2 aromatic carbocycles. The van der Waals surface area contributed by atoms with Gasteiger partial charge in [0.2, 0.25) is 15.9 Å². The molecule has 0 bridgehead atoms. The van der Waals surface area contributed by atoms with Gasteiger partial charge in [0.05, 0.1) is 23.0 Å². The summed E-state index contributed by atoms with van der Waals surface area (Å²) >= 11 is 0. The first-order valence-electron chi connectivity index (χ1n) is 11.0. The topological polar surface area (TPSA) is 78.0 Å². The Bertz CT molecular complexity index is 1210. The van der Waals surface area contributed by atoms with E-state index in [1.54, 1.807) is 6.07 Å². The third-order valence-electron chi connectivity index (χ3n) is 6.83. The second-order valence-electron chi connectivity index (χ2n) is 8.77. The SMILES string of the molecule is Cc1cc(C)c(C)c(S(=O)(=O)N2CCN([C@@H]3CC(=O)N(c4ccccc4F)C3=O)CC2)c1C. The summed E-state index contributed by atoms with van der Waals surface area (Å²) < 4.78 is 42.6. The summed E-state index contributed by atoms with van der Waals surface area (Å²) in [5.41, 5.74) is 3.31. The van der Waals surface area contributed by atoms with Gasteiger partial charge in [-0.05, 0) is 62.1 Å². The number of rotatable bonds is 4. The van der Waals surface area contributed by atoms with Crippen LogP contribution >= 0.6 is 0 Å². The molecule has 2 amide bonds. The van der Waals surface area contributed by atoms with Crippen LogP contribution in [0.15, 0.2) is 35.2 Å². The van der Waals surface area contributed by atoms with E-state index < -0.39 is 33.7 Å². The Morgan fingerprint density at radius 3 is 2.06 bits per heavy atom. The van der Waals surface area contributed by atoms with Gasteiger partial charge in [0, 0.05) is 26.2 Å². The first-order chi connectivity index (χ1) is 15.5. The van der Waals surface area contributed by atoms with Crippen LogP contribution in [-0.4, -0.2) is 61.7 Å². The van der Waals surface area contributed by atoms with Crippen LogP contribution < -0.4 is 4.90 Å². The van der Waals surface area contributed by atoms with Crippen molar-refractivity contribution in [1.29, 1.82) is 0 Å². The average molecular weight is 474 g/mol. The molecule has 0 aromatic heterocycles. The number of imide groups is 1. The predicted octanol–water partition coefficient (Wildman–Crippen LogP) is 2.70. The van der Waals surface area contributed by atoms with Gasteiger partial charge in [-0.2, -0.15) is 4.31 Å². The highest BCUT2D eigenvalue weighted by Crippen LogP contribution is 2.31. The zero-order chi connectivity index (χ0) is 24.1. The molecule has 33 heavy (non-hydrogen) atoms. The smallest absolute Gasteiger partial charge is 0.251 e. The Balaban J connectivity index is 1.52. The minimum atomic E-state index is -3.70. The van der Waals surface area contributed by atoms with Gasteiger partial charge in [0.25, 0.3) is 5.91 Å². The van der Waals surface area contributed by atoms with Gasteiger partial charge in [0.1, 0.15) is 5.82 Å². The van der Waals surface area contributed by atoms with Crippen molar-refractivity contribution in [3.05, 3.63) is 58.4 Å². The lowest BCUT2D eigenvalue weighted by atomic mass is 10.0. The first-order valence-corrected chi connectivity index (χ1v) is 12.4. The molecule has 7 nitrogen and oxygen atoms in total. The number of carbonyl (C=O) groups is 2. The molecule has 2 saturated heterocycles. The monoisotopic (exact) mass is 473 g/mol. The molecule has 0 saturated carbocycles. The lowest BCUT2D eigenvalue weighted by Gasteiger charge is -2.36. The van der Waals surface area contributed by atoms with Crippen LogP contribution in [0.1, 0.15) is 28.7 Å². The zero-order valence-corrected chi connectivity index (χ0v) is 20.1. The number of hydrogen-bond acceptors (Lipinski definition) is 5. The van der Waals surface area contributed by atoms with Crippen LogP contribution in [0.2, 0.25) is 0 Å². The summed E-state index contributed by atoms with van der Waals surface area (Å²) in [5.74, 6) is -1.55. The third kappa shape index (κ3) is 3.98. The average Bonchev–Trinajstić information content (AvgIpc) is 3.07. The van der Waals surface area contributed by atoms with Crippen molar-refractivity contribution >= 4 is 27.5 Å². The van der Waals surface area contributed by atoms with Gasteiger partial charge in [-0.25, -0.2) is 17.7 Å². The minimum absolute atomic E-state index is 0.0445. The van der Waals surface area contributed by atoms with Gasteiger partial charge in [0.15, 0.2) is 0 Å². The number of carbonyl (C=O) groups excluding carboxylic acids is 2. The second kappa shape index (κ2) is 8.62. The van der Waals surface area contributed by atoms with Gasteiger partial charge in [-0.1, -0.05) is 18.2 Å². The van der Waals surface area contributed by atoms with Crippen molar-refractivity contribution in [2.45, 2.75) is 45.1 Å². The molecule has 0 unspecified atom stereocenters. The van der Waals surface area contributed by atoms with E-state index in [0.29, 0.717) is 18.0 Å². The van der Waals surface area contributed by atoms with Crippen molar-refractivity contribution in [2.75, 3.05) is 31.1 Å². The standard InChI is InChI=1S/C24H28FN3O4S/c1-15-13-16(2)18(4)23(17(15)3)33(31,32)27-11-9-26(10-12-27)21-14-22(29)28(24(21)30)20-8-6-5-7-19(20)25/h5-8,13,21H,9-12,14H2,1-4H3/t21-/m1/s1.